The molecule has 0 bridgehead atoms. The molecular weight excluding hydrogens is 173 g/mol. The van der Waals surface area contributed by atoms with Crippen LogP contribution < -0.4 is 10.5 Å². The molecule has 13 heavy (non-hydrogen) atoms. The predicted molar refractivity (Wildman–Crippen MR) is 47.6 cm³/mol. The maximum atomic E-state index is 13.0. The quantitative estimate of drug-likeness (QED) is 0.747. The molecule has 0 aliphatic rings. The highest BCUT2D eigenvalue weighted by atomic mass is 19.1. The van der Waals surface area contributed by atoms with E-state index in [1.54, 1.807) is 0 Å². The van der Waals surface area contributed by atoms with Crippen LogP contribution in [0.25, 0.3) is 0 Å². The maximum Gasteiger partial charge on any atom is 0.160 e. The minimum atomic E-state index is -1.24. The Morgan fingerprint density at radius 1 is 1.62 bits per heavy atom. The Hall–Kier alpha value is -1.29. The van der Waals surface area contributed by atoms with Crippen LogP contribution in [0.4, 0.5) is 4.39 Å². The molecule has 1 unspecified atom stereocenters. The van der Waals surface area contributed by atoms with E-state index in [9.17, 15) is 9.50 Å². The minimum absolute atomic E-state index is 0.0731. The lowest BCUT2D eigenvalue weighted by Gasteiger charge is -2.08. The van der Waals surface area contributed by atoms with Gasteiger partial charge in [0.1, 0.15) is 6.17 Å². The van der Waals surface area contributed by atoms with Crippen molar-refractivity contribution in [3.63, 3.8) is 0 Å². The molecule has 0 saturated carbocycles. The number of halogens is 1. The van der Waals surface area contributed by atoms with Crippen LogP contribution in [-0.2, 0) is 0 Å². The van der Waals surface area contributed by atoms with Crippen LogP contribution in [0.2, 0.25) is 0 Å². The van der Waals surface area contributed by atoms with Gasteiger partial charge in [0.05, 0.1) is 7.11 Å². The first-order valence-electron chi connectivity index (χ1n) is 3.90. The molecule has 1 atom stereocenters. The zero-order valence-corrected chi connectivity index (χ0v) is 7.33. The van der Waals surface area contributed by atoms with Crippen LogP contribution in [-0.4, -0.2) is 18.8 Å². The second-order valence-electron chi connectivity index (χ2n) is 2.63. The van der Waals surface area contributed by atoms with Crippen LogP contribution in [0.3, 0.4) is 0 Å². The van der Waals surface area contributed by atoms with Gasteiger partial charge in [0.2, 0.25) is 0 Å². The highest BCUT2D eigenvalue weighted by Gasteiger charge is 2.09. The van der Waals surface area contributed by atoms with Gasteiger partial charge in [-0.05, 0) is 17.7 Å². The zero-order valence-electron chi connectivity index (χ0n) is 7.33. The molecule has 0 aliphatic carbocycles. The van der Waals surface area contributed by atoms with Crippen LogP contribution in [0.5, 0.6) is 11.5 Å². The van der Waals surface area contributed by atoms with Crippen LogP contribution >= 0.6 is 0 Å². The number of ether oxygens (including phenoxy) is 1. The van der Waals surface area contributed by atoms with Crippen molar-refractivity contribution < 1.29 is 14.2 Å². The van der Waals surface area contributed by atoms with Gasteiger partial charge < -0.3 is 15.6 Å². The first-order valence-corrected chi connectivity index (χ1v) is 3.90. The summed E-state index contributed by atoms with van der Waals surface area (Å²) in [5, 5.41) is 9.30. The van der Waals surface area contributed by atoms with Gasteiger partial charge in [0.15, 0.2) is 11.5 Å². The topological polar surface area (TPSA) is 55.5 Å². The highest BCUT2D eigenvalue weighted by Crippen LogP contribution is 2.29. The van der Waals surface area contributed by atoms with Gasteiger partial charge >= 0.3 is 0 Å². The summed E-state index contributed by atoms with van der Waals surface area (Å²) in [5.74, 6) is 0.254. The fourth-order valence-corrected chi connectivity index (χ4v) is 1.04. The summed E-state index contributed by atoms with van der Waals surface area (Å²) in [6.45, 7) is -0.0915. The van der Waals surface area contributed by atoms with Crippen molar-refractivity contribution >= 4 is 0 Å². The number of methoxy groups -OCH3 is 1. The van der Waals surface area contributed by atoms with E-state index >= 15 is 0 Å². The minimum Gasteiger partial charge on any atom is -0.504 e. The van der Waals surface area contributed by atoms with Gasteiger partial charge in [-0.25, -0.2) is 4.39 Å². The monoisotopic (exact) mass is 185 g/mol. The Kier molecular flexibility index (Phi) is 3.08. The van der Waals surface area contributed by atoms with Gasteiger partial charge in [-0.2, -0.15) is 0 Å². The summed E-state index contributed by atoms with van der Waals surface area (Å²) in [6.07, 6.45) is -1.24. The van der Waals surface area contributed by atoms with Crippen molar-refractivity contribution in [2.24, 2.45) is 5.73 Å². The summed E-state index contributed by atoms with van der Waals surface area (Å²) in [5.41, 5.74) is 5.50. The largest absolute Gasteiger partial charge is 0.504 e. The number of phenols is 1. The van der Waals surface area contributed by atoms with Crippen molar-refractivity contribution in [2.75, 3.05) is 13.7 Å². The maximum absolute atomic E-state index is 13.0. The Morgan fingerprint density at radius 3 is 2.77 bits per heavy atom. The predicted octanol–water partition coefficient (Wildman–Crippen LogP) is 1.37. The van der Waals surface area contributed by atoms with Crippen molar-refractivity contribution in [1.29, 1.82) is 0 Å². The molecule has 0 amide bonds. The summed E-state index contributed by atoms with van der Waals surface area (Å²) in [4.78, 5) is 0. The number of alkyl halides is 1. The molecule has 0 fully saturated rings. The molecule has 3 N–H and O–H groups in total. The number of rotatable bonds is 3. The number of hydrogen-bond acceptors (Lipinski definition) is 3. The fraction of sp³-hybridized carbons (Fsp3) is 0.333. The smallest absolute Gasteiger partial charge is 0.160 e. The van der Waals surface area contributed by atoms with Crippen molar-refractivity contribution in [1.82, 2.24) is 0 Å². The standard InChI is InChI=1S/C9H12FNO2/c1-13-9-3-2-6(4-8(9)12)7(10)5-11/h2-4,7,12H,5,11H2,1H3. The van der Waals surface area contributed by atoms with Gasteiger partial charge in [0.25, 0.3) is 0 Å². The van der Waals surface area contributed by atoms with E-state index in [0.717, 1.165) is 0 Å². The van der Waals surface area contributed by atoms with Crippen LogP contribution in [0.15, 0.2) is 18.2 Å². The lowest BCUT2D eigenvalue weighted by atomic mass is 10.1. The molecule has 1 aromatic rings. The summed E-state index contributed by atoms with van der Waals surface area (Å²) in [6, 6.07) is 4.36. The third-order valence-electron chi connectivity index (χ3n) is 1.77. The molecule has 0 radical (unpaired) electrons. The molecule has 1 rings (SSSR count). The molecule has 1 aromatic carbocycles. The van der Waals surface area contributed by atoms with Gasteiger partial charge in [-0.1, -0.05) is 6.07 Å². The number of hydrogen-bond donors (Lipinski definition) is 2. The molecule has 72 valence electrons. The Morgan fingerprint density at radius 2 is 2.31 bits per heavy atom. The average molecular weight is 185 g/mol. The fourth-order valence-electron chi connectivity index (χ4n) is 1.04. The Labute approximate surface area is 75.9 Å². The highest BCUT2D eigenvalue weighted by molar-refractivity contribution is 5.42. The van der Waals surface area contributed by atoms with E-state index in [1.165, 1.54) is 25.3 Å². The number of phenolic OH excluding ortho intramolecular Hbond substituents is 1. The van der Waals surface area contributed by atoms with Gasteiger partial charge in [-0.15, -0.1) is 0 Å². The number of nitrogens with two attached hydrogens (primary N) is 1. The van der Waals surface area contributed by atoms with Crippen LogP contribution in [0, 0.1) is 0 Å². The first-order chi connectivity index (χ1) is 6.19. The van der Waals surface area contributed by atoms with E-state index in [2.05, 4.69) is 0 Å². The summed E-state index contributed by atoms with van der Waals surface area (Å²) < 4.78 is 17.8. The normalized spacial score (nSPS) is 12.5. The molecule has 0 spiro atoms. The van der Waals surface area contributed by atoms with Crippen molar-refractivity contribution in [2.45, 2.75) is 6.17 Å². The lowest BCUT2D eigenvalue weighted by molar-refractivity contribution is 0.346. The first kappa shape index (κ1) is 9.80. The molecule has 0 saturated heterocycles. The third-order valence-corrected chi connectivity index (χ3v) is 1.77. The second-order valence-corrected chi connectivity index (χ2v) is 2.63. The van der Waals surface area contributed by atoms with E-state index in [4.69, 9.17) is 10.5 Å². The van der Waals surface area contributed by atoms with Crippen LogP contribution in [0.1, 0.15) is 11.7 Å². The third kappa shape index (κ3) is 2.09. The lowest BCUT2D eigenvalue weighted by Crippen LogP contribution is -2.07. The zero-order chi connectivity index (χ0) is 9.84. The van der Waals surface area contributed by atoms with Gasteiger partial charge in [0, 0.05) is 6.54 Å². The number of aromatic hydroxyl groups is 1. The SMILES string of the molecule is COc1ccc(C(F)CN)cc1O. The molecule has 3 nitrogen and oxygen atoms in total. The summed E-state index contributed by atoms with van der Waals surface area (Å²) >= 11 is 0. The van der Waals surface area contributed by atoms with Crippen molar-refractivity contribution in [3.8, 4) is 11.5 Å². The molecule has 4 heteroatoms. The summed E-state index contributed by atoms with van der Waals surface area (Å²) in [7, 11) is 1.44. The Balaban J connectivity index is 2.95. The molecule has 0 heterocycles. The average Bonchev–Trinajstić information content (AvgIpc) is 2.16. The van der Waals surface area contributed by atoms with Gasteiger partial charge in [-0.3, -0.25) is 0 Å². The van der Waals surface area contributed by atoms with E-state index < -0.39 is 6.17 Å². The number of benzene rings is 1. The Bertz CT molecular complexity index is 291. The van der Waals surface area contributed by atoms with E-state index in [-0.39, 0.29) is 12.3 Å². The van der Waals surface area contributed by atoms with Crippen molar-refractivity contribution in [3.05, 3.63) is 23.8 Å². The molecular formula is C9H12FNO2. The molecule has 0 aliphatic heterocycles. The molecule has 0 aromatic heterocycles. The van der Waals surface area contributed by atoms with E-state index in [0.29, 0.717) is 11.3 Å². The second kappa shape index (κ2) is 4.09. The van der Waals surface area contributed by atoms with E-state index in [1.807, 2.05) is 0 Å².